The number of anilines is 1. The van der Waals surface area contributed by atoms with Gasteiger partial charge in [-0.15, -0.1) is 0 Å². The molecule has 0 saturated heterocycles. The summed E-state index contributed by atoms with van der Waals surface area (Å²) >= 11 is 0. The summed E-state index contributed by atoms with van der Waals surface area (Å²) in [6, 6.07) is 17.8. The first kappa shape index (κ1) is 15.5. The van der Waals surface area contributed by atoms with Crippen LogP contribution in [0, 0.1) is 11.3 Å². The molecule has 2 aromatic heterocycles. The van der Waals surface area contributed by atoms with Crippen LogP contribution in [0.3, 0.4) is 0 Å². The van der Waals surface area contributed by atoms with E-state index in [1.807, 2.05) is 53.2 Å². The molecular formula is C20H13N5O. The van der Waals surface area contributed by atoms with E-state index in [0.717, 1.165) is 11.3 Å². The number of carbonyl (C=O) groups excluding carboxylic acids is 1. The van der Waals surface area contributed by atoms with E-state index in [-0.39, 0.29) is 5.91 Å². The number of aromatic nitrogens is 3. The smallest absolute Gasteiger partial charge is 0.255 e. The average molecular weight is 339 g/mol. The van der Waals surface area contributed by atoms with Gasteiger partial charge in [-0.25, -0.2) is 9.97 Å². The molecule has 0 aliphatic heterocycles. The lowest BCUT2D eigenvalue weighted by atomic mass is 10.1. The van der Waals surface area contributed by atoms with Gasteiger partial charge in [0.05, 0.1) is 17.3 Å². The van der Waals surface area contributed by atoms with Gasteiger partial charge in [-0.05, 0) is 42.5 Å². The van der Waals surface area contributed by atoms with Crippen molar-refractivity contribution in [1.82, 2.24) is 14.4 Å². The Balaban J connectivity index is 1.52. The quantitative estimate of drug-likeness (QED) is 0.619. The second-order valence-electron chi connectivity index (χ2n) is 5.67. The Labute approximate surface area is 149 Å². The van der Waals surface area contributed by atoms with Crippen molar-refractivity contribution in [2.75, 3.05) is 5.32 Å². The summed E-state index contributed by atoms with van der Waals surface area (Å²) in [5.74, 6) is 0.417. The van der Waals surface area contributed by atoms with E-state index < -0.39 is 0 Å². The molecule has 1 amide bonds. The molecule has 4 rings (SSSR count). The molecule has 0 aliphatic carbocycles. The number of rotatable bonds is 3. The normalized spacial score (nSPS) is 10.4. The summed E-state index contributed by atoms with van der Waals surface area (Å²) in [5.41, 5.74) is 3.46. The Bertz CT molecular complexity index is 1090. The lowest BCUT2D eigenvalue weighted by Gasteiger charge is -2.06. The topological polar surface area (TPSA) is 83.1 Å². The molecule has 0 fully saturated rings. The van der Waals surface area contributed by atoms with Crippen LogP contribution in [-0.4, -0.2) is 20.3 Å². The lowest BCUT2D eigenvalue weighted by molar-refractivity contribution is 0.102. The number of amides is 1. The first-order valence-corrected chi connectivity index (χ1v) is 7.94. The number of nitrogens with one attached hydrogen (secondary N) is 1. The molecule has 6 nitrogen and oxygen atoms in total. The Hall–Kier alpha value is -3.98. The second kappa shape index (κ2) is 6.49. The minimum absolute atomic E-state index is 0.223. The first-order chi connectivity index (χ1) is 12.7. The zero-order valence-corrected chi connectivity index (χ0v) is 13.6. The van der Waals surface area contributed by atoms with Gasteiger partial charge in [0.2, 0.25) is 5.78 Å². The van der Waals surface area contributed by atoms with Crippen LogP contribution in [-0.2, 0) is 0 Å². The molecule has 0 unspecified atom stereocenters. The van der Waals surface area contributed by atoms with Crippen molar-refractivity contribution in [3.63, 3.8) is 0 Å². The molecule has 0 radical (unpaired) electrons. The Kier molecular flexibility index (Phi) is 3.88. The maximum absolute atomic E-state index is 12.3. The van der Waals surface area contributed by atoms with E-state index in [4.69, 9.17) is 5.26 Å². The average Bonchev–Trinajstić information content (AvgIpc) is 3.13. The Morgan fingerprint density at radius 1 is 1.08 bits per heavy atom. The maximum Gasteiger partial charge on any atom is 0.255 e. The fourth-order valence-corrected chi connectivity index (χ4v) is 2.59. The highest BCUT2D eigenvalue weighted by molar-refractivity contribution is 6.04. The zero-order chi connectivity index (χ0) is 17.9. The summed E-state index contributed by atoms with van der Waals surface area (Å²) in [6.45, 7) is 0. The Morgan fingerprint density at radius 3 is 2.54 bits per heavy atom. The SMILES string of the molecule is N#Cc1ccc(C(=O)Nc2ccc(-c3cn4cccnc4n3)cc2)cc1. The highest BCUT2D eigenvalue weighted by atomic mass is 16.1. The molecule has 2 aromatic carbocycles. The fraction of sp³-hybridized carbons (Fsp3) is 0. The van der Waals surface area contributed by atoms with Gasteiger partial charge in [-0.2, -0.15) is 5.26 Å². The van der Waals surface area contributed by atoms with Crippen LogP contribution < -0.4 is 5.32 Å². The molecule has 0 aliphatic rings. The lowest BCUT2D eigenvalue weighted by Crippen LogP contribution is -2.11. The van der Waals surface area contributed by atoms with Crippen molar-refractivity contribution in [2.45, 2.75) is 0 Å². The van der Waals surface area contributed by atoms with Gasteiger partial charge in [0.15, 0.2) is 0 Å². The number of fused-ring (bicyclic) bond motifs is 1. The van der Waals surface area contributed by atoms with E-state index in [2.05, 4.69) is 15.3 Å². The predicted octanol–water partition coefficient (Wildman–Crippen LogP) is 3.52. The second-order valence-corrected chi connectivity index (χ2v) is 5.67. The standard InChI is InChI=1S/C20H13N5O/c21-12-14-2-4-16(5-3-14)19(26)23-17-8-6-15(7-9-17)18-13-25-11-1-10-22-20(25)24-18/h1-11,13H,(H,23,26). The highest BCUT2D eigenvalue weighted by Crippen LogP contribution is 2.21. The summed E-state index contributed by atoms with van der Waals surface area (Å²) in [5, 5.41) is 11.6. The molecule has 6 heteroatoms. The Morgan fingerprint density at radius 2 is 1.85 bits per heavy atom. The van der Waals surface area contributed by atoms with Crippen LogP contribution in [0.4, 0.5) is 5.69 Å². The molecule has 124 valence electrons. The molecule has 26 heavy (non-hydrogen) atoms. The first-order valence-electron chi connectivity index (χ1n) is 7.94. The van der Waals surface area contributed by atoms with Crippen LogP contribution in [0.1, 0.15) is 15.9 Å². The number of nitriles is 1. The molecule has 0 spiro atoms. The van der Waals surface area contributed by atoms with E-state index in [0.29, 0.717) is 22.6 Å². The van der Waals surface area contributed by atoms with Gasteiger partial charge in [-0.3, -0.25) is 9.20 Å². The van der Waals surface area contributed by atoms with Gasteiger partial charge in [-0.1, -0.05) is 12.1 Å². The third kappa shape index (κ3) is 3.01. The summed E-state index contributed by atoms with van der Waals surface area (Å²) in [4.78, 5) is 20.9. The van der Waals surface area contributed by atoms with Crippen LogP contribution in [0.15, 0.2) is 73.2 Å². The molecule has 0 saturated carbocycles. The van der Waals surface area contributed by atoms with Crippen LogP contribution in [0.25, 0.3) is 17.0 Å². The van der Waals surface area contributed by atoms with Crippen LogP contribution in [0.2, 0.25) is 0 Å². The molecule has 2 heterocycles. The molecule has 4 aromatic rings. The number of hydrogen-bond donors (Lipinski definition) is 1. The third-order valence-electron chi connectivity index (χ3n) is 3.95. The van der Waals surface area contributed by atoms with Crippen LogP contribution in [0.5, 0.6) is 0 Å². The summed E-state index contributed by atoms with van der Waals surface area (Å²) < 4.78 is 1.86. The van der Waals surface area contributed by atoms with Crippen molar-refractivity contribution >= 4 is 17.4 Å². The number of carbonyl (C=O) groups is 1. The fourth-order valence-electron chi connectivity index (χ4n) is 2.59. The largest absolute Gasteiger partial charge is 0.322 e. The van der Waals surface area contributed by atoms with Gasteiger partial charge in [0, 0.05) is 35.4 Å². The summed E-state index contributed by atoms with van der Waals surface area (Å²) in [6.07, 6.45) is 5.51. The minimum atomic E-state index is -0.223. The number of nitrogens with zero attached hydrogens (tertiary/aromatic N) is 4. The maximum atomic E-state index is 12.3. The van der Waals surface area contributed by atoms with Crippen molar-refractivity contribution < 1.29 is 4.79 Å². The monoisotopic (exact) mass is 339 g/mol. The third-order valence-corrected chi connectivity index (χ3v) is 3.95. The van der Waals surface area contributed by atoms with Crippen molar-refractivity contribution in [3.05, 3.63) is 84.3 Å². The van der Waals surface area contributed by atoms with E-state index in [1.165, 1.54) is 0 Å². The highest BCUT2D eigenvalue weighted by Gasteiger charge is 2.08. The van der Waals surface area contributed by atoms with Gasteiger partial charge in [0.1, 0.15) is 0 Å². The zero-order valence-electron chi connectivity index (χ0n) is 13.6. The van der Waals surface area contributed by atoms with Crippen LogP contribution >= 0.6 is 0 Å². The van der Waals surface area contributed by atoms with E-state index in [9.17, 15) is 4.79 Å². The number of hydrogen-bond acceptors (Lipinski definition) is 4. The number of imidazole rings is 1. The minimum Gasteiger partial charge on any atom is -0.322 e. The molecule has 1 N–H and O–H groups in total. The molecule has 0 bridgehead atoms. The van der Waals surface area contributed by atoms with E-state index >= 15 is 0 Å². The van der Waals surface area contributed by atoms with E-state index in [1.54, 1.807) is 30.5 Å². The van der Waals surface area contributed by atoms with Gasteiger partial charge < -0.3 is 5.32 Å². The van der Waals surface area contributed by atoms with Gasteiger partial charge in [0.25, 0.3) is 5.91 Å². The molecule has 0 atom stereocenters. The summed E-state index contributed by atoms with van der Waals surface area (Å²) in [7, 11) is 0. The van der Waals surface area contributed by atoms with Crippen molar-refractivity contribution in [1.29, 1.82) is 5.26 Å². The van der Waals surface area contributed by atoms with Crippen molar-refractivity contribution in [2.24, 2.45) is 0 Å². The van der Waals surface area contributed by atoms with Crippen molar-refractivity contribution in [3.8, 4) is 17.3 Å². The predicted molar refractivity (Wildman–Crippen MR) is 97.5 cm³/mol. The molecular weight excluding hydrogens is 326 g/mol. The van der Waals surface area contributed by atoms with Gasteiger partial charge >= 0.3 is 0 Å². The number of benzene rings is 2.